The van der Waals surface area contributed by atoms with Crippen LogP contribution in [-0.2, 0) is 10.0 Å². The molecule has 1 radical (unpaired) electrons. The molecule has 0 amide bonds. The molecule has 0 aliphatic heterocycles. The van der Waals surface area contributed by atoms with Crippen LogP contribution in [0.5, 0.6) is 5.75 Å². The first-order valence-electron chi connectivity index (χ1n) is 7.14. The first-order valence-corrected chi connectivity index (χ1v) is 8.62. The molecule has 1 aromatic rings. The predicted molar refractivity (Wildman–Crippen MR) is 84.9 cm³/mol. The number of hydrogen-bond donors (Lipinski definition) is 1. The number of nitro groups is 1. The zero-order valence-corrected chi connectivity index (χ0v) is 16.2. The van der Waals surface area contributed by atoms with E-state index in [1.54, 1.807) is 0 Å². The SMILES string of the molecule is O=[N+]([O-])c1ccc(NS(=O)(=O)C(F)(F)F)c(OC2CCCCC2)c1.[Na]. The van der Waals surface area contributed by atoms with Crippen molar-refractivity contribution >= 4 is 51.0 Å². The molecule has 0 heterocycles. The third-order valence-electron chi connectivity index (χ3n) is 3.57. The maximum Gasteiger partial charge on any atom is 0.516 e. The van der Waals surface area contributed by atoms with Crippen molar-refractivity contribution in [1.82, 2.24) is 0 Å². The van der Waals surface area contributed by atoms with Crippen molar-refractivity contribution in [3.63, 3.8) is 0 Å². The van der Waals surface area contributed by atoms with Crippen molar-refractivity contribution in [2.75, 3.05) is 4.72 Å². The van der Waals surface area contributed by atoms with Crippen molar-refractivity contribution in [2.45, 2.75) is 43.7 Å². The van der Waals surface area contributed by atoms with Crippen LogP contribution in [0.15, 0.2) is 18.2 Å². The Balaban J connectivity index is 0.00000312. The van der Waals surface area contributed by atoms with E-state index in [4.69, 9.17) is 4.74 Å². The van der Waals surface area contributed by atoms with Gasteiger partial charge in [0, 0.05) is 35.6 Å². The molecule has 7 nitrogen and oxygen atoms in total. The predicted octanol–water partition coefficient (Wildman–Crippen LogP) is 3.19. The zero-order valence-electron chi connectivity index (χ0n) is 13.4. The van der Waals surface area contributed by atoms with Crippen LogP contribution >= 0.6 is 0 Å². The smallest absolute Gasteiger partial charge is 0.488 e. The first-order chi connectivity index (χ1) is 11.1. The van der Waals surface area contributed by atoms with Gasteiger partial charge in [0.1, 0.15) is 0 Å². The molecule has 0 aromatic heterocycles. The van der Waals surface area contributed by atoms with Gasteiger partial charge < -0.3 is 4.74 Å². The van der Waals surface area contributed by atoms with Gasteiger partial charge in [0.15, 0.2) is 5.75 Å². The summed E-state index contributed by atoms with van der Waals surface area (Å²) in [6, 6.07) is 2.71. The molecule has 1 aliphatic carbocycles. The minimum absolute atomic E-state index is 0. The average Bonchev–Trinajstić information content (AvgIpc) is 2.48. The number of halogens is 3. The van der Waals surface area contributed by atoms with E-state index in [0.717, 1.165) is 37.5 Å². The van der Waals surface area contributed by atoms with Gasteiger partial charge in [-0.25, -0.2) is 0 Å². The summed E-state index contributed by atoms with van der Waals surface area (Å²) in [5, 5.41) is 10.8. The summed E-state index contributed by atoms with van der Waals surface area (Å²) in [7, 11) is -5.65. The van der Waals surface area contributed by atoms with Crippen molar-refractivity contribution in [3.8, 4) is 5.75 Å². The summed E-state index contributed by atoms with van der Waals surface area (Å²) < 4.78 is 67.0. The van der Waals surface area contributed by atoms with E-state index in [-0.39, 0.29) is 41.4 Å². The monoisotopic (exact) mass is 391 g/mol. The Bertz CT molecular complexity index is 721. The van der Waals surface area contributed by atoms with E-state index in [0.29, 0.717) is 12.8 Å². The second-order valence-corrected chi connectivity index (χ2v) is 7.04. The molecule has 1 saturated carbocycles. The maximum atomic E-state index is 12.5. The summed E-state index contributed by atoms with van der Waals surface area (Å²) in [5.41, 5.74) is -6.39. The molecular weight excluding hydrogens is 376 g/mol. The fourth-order valence-corrected chi connectivity index (χ4v) is 2.95. The number of sulfonamides is 1. The Morgan fingerprint density at radius 1 is 1.20 bits per heavy atom. The van der Waals surface area contributed by atoms with Gasteiger partial charge in [-0.2, -0.15) is 21.6 Å². The molecule has 1 aliphatic rings. The maximum absolute atomic E-state index is 12.5. The number of rotatable bonds is 5. The fourth-order valence-electron chi connectivity index (χ4n) is 2.37. The van der Waals surface area contributed by atoms with Gasteiger partial charge in [-0.1, -0.05) is 6.42 Å². The molecule has 0 unspecified atom stereocenters. The summed E-state index contributed by atoms with van der Waals surface area (Å²) in [6.45, 7) is 0. The van der Waals surface area contributed by atoms with Crippen molar-refractivity contribution in [2.24, 2.45) is 0 Å². The summed E-state index contributed by atoms with van der Waals surface area (Å²) >= 11 is 0. The minimum atomic E-state index is -5.65. The van der Waals surface area contributed by atoms with Crippen molar-refractivity contribution in [1.29, 1.82) is 0 Å². The molecule has 0 saturated heterocycles. The van der Waals surface area contributed by atoms with Gasteiger partial charge in [-0.3, -0.25) is 14.8 Å². The molecule has 0 atom stereocenters. The molecular formula is C13H15F3N2NaO5S. The van der Waals surface area contributed by atoms with Crippen LogP contribution in [0, 0.1) is 10.1 Å². The van der Waals surface area contributed by atoms with Crippen molar-refractivity contribution < 1.29 is 31.2 Å². The van der Waals surface area contributed by atoms with Gasteiger partial charge in [0.05, 0.1) is 22.8 Å². The number of ether oxygens (including phenoxy) is 1. The van der Waals surface area contributed by atoms with Gasteiger partial charge in [0.25, 0.3) is 5.69 Å². The van der Waals surface area contributed by atoms with E-state index < -0.39 is 31.8 Å². The van der Waals surface area contributed by atoms with E-state index >= 15 is 0 Å². The van der Waals surface area contributed by atoms with Gasteiger partial charge >= 0.3 is 15.5 Å². The number of benzene rings is 1. The number of nitro benzene ring substituents is 1. The standard InChI is InChI=1S/C13H15F3N2O5S.Na/c14-13(15,16)24(21,22)17-11-7-6-9(18(19)20)8-12(11)23-10-4-2-1-3-5-10;/h6-8,10,17H,1-5H2;. The largest absolute Gasteiger partial charge is 0.516 e. The average molecular weight is 391 g/mol. The first kappa shape index (κ1) is 22.0. The molecule has 1 fully saturated rings. The number of anilines is 1. The molecule has 0 bridgehead atoms. The van der Waals surface area contributed by atoms with Crippen LogP contribution in [0.1, 0.15) is 32.1 Å². The van der Waals surface area contributed by atoms with Crippen LogP contribution in [0.25, 0.3) is 0 Å². The number of nitrogens with one attached hydrogen (secondary N) is 1. The van der Waals surface area contributed by atoms with Crippen LogP contribution < -0.4 is 9.46 Å². The fraction of sp³-hybridized carbons (Fsp3) is 0.538. The normalized spacial score (nSPS) is 16.0. The van der Waals surface area contributed by atoms with E-state index in [9.17, 15) is 31.7 Å². The summed E-state index contributed by atoms with van der Waals surface area (Å²) in [6.07, 6.45) is 3.70. The molecule has 12 heteroatoms. The molecule has 2 rings (SSSR count). The molecule has 0 spiro atoms. The Labute approximate surface area is 164 Å². The number of non-ortho nitro benzene ring substituents is 1. The van der Waals surface area contributed by atoms with Gasteiger partial charge in [-0.05, 0) is 31.7 Å². The van der Waals surface area contributed by atoms with Crippen LogP contribution in [-0.4, -0.2) is 54.5 Å². The summed E-state index contributed by atoms with van der Waals surface area (Å²) in [5.74, 6) is -0.288. The second kappa shape index (κ2) is 8.56. The van der Waals surface area contributed by atoms with Crippen LogP contribution in [0.2, 0.25) is 0 Å². The molecule has 1 N–H and O–H groups in total. The third-order valence-corrected chi connectivity index (χ3v) is 4.67. The molecule has 1 aromatic carbocycles. The summed E-state index contributed by atoms with van der Waals surface area (Å²) in [4.78, 5) is 10.1. The molecule has 135 valence electrons. The number of nitrogens with zero attached hydrogens (tertiary/aromatic N) is 1. The molecule has 25 heavy (non-hydrogen) atoms. The van der Waals surface area contributed by atoms with Crippen LogP contribution in [0.3, 0.4) is 0 Å². The third kappa shape index (κ3) is 5.73. The van der Waals surface area contributed by atoms with Gasteiger partial charge in [-0.15, -0.1) is 0 Å². The van der Waals surface area contributed by atoms with Crippen LogP contribution in [0.4, 0.5) is 24.5 Å². The Hall–Kier alpha value is -1.04. The second-order valence-electron chi connectivity index (χ2n) is 5.37. The topological polar surface area (TPSA) is 98.5 Å². The Morgan fingerprint density at radius 3 is 2.32 bits per heavy atom. The quantitative estimate of drug-likeness (QED) is 0.472. The number of hydrogen-bond acceptors (Lipinski definition) is 5. The van der Waals surface area contributed by atoms with Gasteiger partial charge in [0.2, 0.25) is 0 Å². The Morgan fingerprint density at radius 2 is 1.80 bits per heavy atom. The van der Waals surface area contributed by atoms with E-state index in [2.05, 4.69) is 0 Å². The zero-order chi connectivity index (χ0) is 18.0. The van der Waals surface area contributed by atoms with Crippen molar-refractivity contribution in [3.05, 3.63) is 28.3 Å². The van der Waals surface area contributed by atoms with E-state index in [1.165, 1.54) is 4.72 Å². The van der Waals surface area contributed by atoms with E-state index in [1.807, 2.05) is 0 Å². The Kier molecular flexibility index (Phi) is 7.54. The minimum Gasteiger partial charge on any atom is -0.488 e. The number of alkyl halides is 3.